The van der Waals surface area contributed by atoms with Gasteiger partial charge in [-0.15, -0.1) is 0 Å². The van der Waals surface area contributed by atoms with Gasteiger partial charge in [0.25, 0.3) is 0 Å². The van der Waals surface area contributed by atoms with Crippen LogP contribution in [0.1, 0.15) is 46.9 Å². The lowest BCUT2D eigenvalue weighted by Crippen LogP contribution is -2.40. The van der Waals surface area contributed by atoms with Crippen molar-refractivity contribution in [1.29, 1.82) is 5.26 Å². The van der Waals surface area contributed by atoms with Crippen molar-refractivity contribution in [3.05, 3.63) is 40.7 Å². The molecule has 2 aromatic heterocycles. The van der Waals surface area contributed by atoms with Crippen LogP contribution in [-0.2, 0) is 22.4 Å². The summed E-state index contributed by atoms with van der Waals surface area (Å²) in [5, 5.41) is 25.9. The first kappa shape index (κ1) is 27.4. The summed E-state index contributed by atoms with van der Waals surface area (Å²) in [7, 11) is 3.17. The van der Waals surface area contributed by atoms with Gasteiger partial charge in [0.2, 0.25) is 0 Å². The molecule has 2 aliphatic heterocycles. The highest BCUT2D eigenvalue weighted by molar-refractivity contribution is 6.01. The van der Waals surface area contributed by atoms with Crippen LogP contribution in [0.15, 0.2) is 18.3 Å². The van der Waals surface area contributed by atoms with E-state index in [9.17, 15) is 20.0 Å². The van der Waals surface area contributed by atoms with Crippen molar-refractivity contribution in [2.45, 2.75) is 51.1 Å². The number of anilines is 3. The molecule has 0 saturated carbocycles. The second kappa shape index (κ2) is 12.3. The number of pyridine rings is 2. The zero-order valence-corrected chi connectivity index (χ0v) is 21.8. The summed E-state index contributed by atoms with van der Waals surface area (Å²) in [4.78, 5) is 37.4. The van der Waals surface area contributed by atoms with E-state index >= 15 is 0 Å². The fourth-order valence-corrected chi connectivity index (χ4v) is 4.89. The van der Waals surface area contributed by atoms with Crippen molar-refractivity contribution in [2.24, 2.45) is 0 Å². The largest absolute Gasteiger partial charge is 0.383 e. The number of aliphatic hydroxyl groups excluding tert-OH is 1. The predicted molar refractivity (Wildman–Crippen MR) is 140 cm³/mol. The number of hydrogen-bond acceptors (Lipinski definition) is 10. The average Bonchev–Trinajstić information content (AvgIpc) is 3.26. The Balaban J connectivity index is 1.54. The Hall–Kier alpha value is -3.63. The smallest absolute Gasteiger partial charge is 0.328 e. The lowest BCUT2D eigenvalue weighted by molar-refractivity contribution is -0.0565. The maximum Gasteiger partial charge on any atom is 0.328 e. The molecule has 2 amide bonds. The Morgan fingerprint density at radius 3 is 2.87 bits per heavy atom. The Labute approximate surface area is 221 Å². The van der Waals surface area contributed by atoms with Gasteiger partial charge in [-0.2, -0.15) is 5.26 Å². The van der Waals surface area contributed by atoms with Gasteiger partial charge >= 0.3 is 6.03 Å². The van der Waals surface area contributed by atoms with Gasteiger partial charge in [-0.3, -0.25) is 19.9 Å². The molecule has 2 aliphatic rings. The Bertz CT molecular complexity index is 1220. The highest BCUT2D eigenvalue weighted by atomic mass is 16.5. The highest BCUT2D eigenvalue weighted by Gasteiger charge is 2.33. The minimum atomic E-state index is -0.755. The van der Waals surface area contributed by atoms with E-state index in [1.165, 1.54) is 11.1 Å². The zero-order valence-electron chi connectivity index (χ0n) is 21.8. The normalized spacial score (nSPS) is 19.9. The van der Waals surface area contributed by atoms with Gasteiger partial charge in [0.05, 0.1) is 24.0 Å². The number of aliphatic hydroxyl groups is 1. The number of amides is 2. The summed E-state index contributed by atoms with van der Waals surface area (Å²) >= 11 is 0. The molecule has 0 radical (unpaired) electrons. The first-order valence-electron chi connectivity index (χ1n) is 12.6. The predicted octanol–water partition coefficient (Wildman–Crippen LogP) is 2.13. The van der Waals surface area contributed by atoms with Crippen LogP contribution in [0.5, 0.6) is 0 Å². The summed E-state index contributed by atoms with van der Waals surface area (Å²) in [5.41, 5.74) is 2.66. The molecule has 1 saturated heterocycles. The molecule has 2 aromatic rings. The number of nitriles is 1. The van der Waals surface area contributed by atoms with Crippen molar-refractivity contribution in [2.75, 3.05) is 49.4 Å². The van der Waals surface area contributed by atoms with E-state index in [-0.39, 0.29) is 23.7 Å². The van der Waals surface area contributed by atoms with Crippen LogP contribution in [0, 0.1) is 11.3 Å². The molecular formula is C26H33N7O5. The molecule has 12 nitrogen and oxygen atoms in total. The van der Waals surface area contributed by atoms with Crippen molar-refractivity contribution in [1.82, 2.24) is 14.9 Å². The van der Waals surface area contributed by atoms with E-state index in [0.29, 0.717) is 68.0 Å². The van der Waals surface area contributed by atoms with E-state index < -0.39 is 12.3 Å². The third kappa shape index (κ3) is 5.92. The van der Waals surface area contributed by atoms with Gasteiger partial charge in [0.1, 0.15) is 29.6 Å². The third-order valence-electron chi connectivity index (χ3n) is 6.79. The fourth-order valence-electron chi connectivity index (χ4n) is 4.89. The van der Waals surface area contributed by atoms with Crippen molar-refractivity contribution in [3.63, 3.8) is 0 Å². The molecule has 3 atom stereocenters. The van der Waals surface area contributed by atoms with Crippen molar-refractivity contribution >= 4 is 29.6 Å². The second-order valence-electron chi connectivity index (χ2n) is 9.49. The number of urea groups is 1. The molecule has 12 heteroatoms. The van der Waals surface area contributed by atoms with Gasteiger partial charge in [0, 0.05) is 52.2 Å². The van der Waals surface area contributed by atoms with Gasteiger partial charge in [0.15, 0.2) is 6.29 Å². The highest BCUT2D eigenvalue weighted by Crippen LogP contribution is 2.30. The van der Waals surface area contributed by atoms with Crippen LogP contribution >= 0.6 is 0 Å². The van der Waals surface area contributed by atoms with Crippen LogP contribution in [0.25, 0.3) is 0 Å². The van der Waals surface area contributed by atoms with Gasteiger partial charge < -0.3 is 19.9 Å². The van der Waals surface area contributed by atoms with E-state index in [4.69, 9.17) is 9.47 Å². The number of ether oxygens (including phenoxy) is 2. The molecule has 1 unspecified atom stereocenters. The number of fused-ring (bicyclic) bond motifs is 1. The van der Waals surface area contributed by atoms with Crippen LogP contribution in [0.3, 0.4) is 0 Å². The number of nitrogens with one attached hydrogen (secondary N) is 2. The molecule has 4 rings (SSSR count). The maximum absolute atomic E-state index is 13.3. The molecule has 1 fully saturated rings. The van der Waals surface area contributed by atoms with Crippen molar-refractivity contribution in [3.8, 4) is 6.07 Å². The van der Waals surface area contributed by atoms with Crippen LogP contribution in [0.2, 0.25) is 0 Å². The number of hydrogen-bond donors (Lipinski definition) is 3. The molecular weight excluding hydrogens is 490 g/mol. The first-order valence-corrected chi connectivity index (χ1v) is 12.6. The Kier molecular flexibility index (Phi) is 8.85. The SMILES string of the molecule is COC[C@@H](C)Nc1cc(NC(=O)N2CCCc3cc(CN4CC[C@@H](OC)C4O)c(C=O)nc32)ncc1C#N. The number of nitrogens with zero attached hydrogens (tertiary/aromatic N) is 5. The third-order valence-corrected chi connectivity index (χ3v) is 6.79. The van der Waals surface area contributed by atoms with Crippen LogP contribution in [-0.4, -0.2) is 84.6 Å². The minimum absolute atomic E-state index is 0.0609. The topological polar surface area (TPSA) is 153 Å². The molecule has 0 aliphatic carbocycles. The molecule has 38 heavy (non-hydrogen) atoms. The Morgan fingerprint density at radius 2 is 2.18 bits per heavy atom. The van der Waals surface area contributed by atoms with Crippen molar-refractivity contribution < 1.29 is 24.2 Å². The lowest BCUT2D eigenvalue weighted by Gasteiger charge is -2.30. The van der Waals surface area contributed by atoms with Crippen LogP contribution in [0.4, 0.5) is 22.1 Å². The second-order valence-corrected chi connectivity index (χ2v) is 9.49. The molecule has 202 valence electrons. The number of aryl methyl sites for hydroxylation is 1. The summed E-state index contributed by atoms with van der Waals surface area (Å²) < 4.78 is 10.5. The zero-order chi connectivity index (χ0) is 27.2. The fraction of sp³-hybridized carbons (Fsp3) is 0.500. The van der Waals surface area contributed by atoms with Gasteiger partial charge in [-0.05, 0) is 43.4 Å². The summed E-state index contributed by atoms with van der Waals surface area (Å²) in [6, 6.07) is 5.10. The quantitative estimate of drug-likeness (QED) is 0.417. The number of aromatic nitrogens is 2. The maximum atomic E-state index is 13.3. The van der Waals surface area contributed by atoms with Gasteiger partial charge in [-0.1, -0.05) is 0 Å². The standard InChI is InChI=1S/C26H33N7O5/c1-16(15-37-2)29-20-10-23(28-12-19(20)11-27)31-26(36)33-7-4-5-17-9-18(21(14-34)30-24(17)33)13-32-8-6-22(38-3)25(32)35/h9-10,12,14,16,22,25,35H,4-8,13,15H2,1-3H3,(H2,28,29,31,36)/t16-,22-,25?/m1/s1. The minimum Gasteiger partial charge on any atom is -0.383 e. The molecule has 4 heterocycles. The number of carbonyl (C=O) groups is 2. The molecule has 3 N–H and O–H groups in total. The number of methoxy groups -OCH3 is 2. The van der Waals surface area contributed by atoms with E-state index in [1.807, 2.05) is 17.9 Å². The van der Waals surface area contributed by atoms with E-state index in [1.54, 1.807) is 20.3 Å². The monoisotopic (exact) mass is 523 g/mol. The van der Waals surface area contributed by atoms with E-state index in [2.05, 4.69) is 26.7 Å². The van der Waals surface area contributed by atoms with E-state index in [0.717, 1.165) is 12.0 Å². The molecule has 0 bridgehead atoms. The molecule has 0 aromatic carbocycles. The average molecular weight is 524 g/mol. The number of likely N-dealkylation sites (tertiary alicyclic amines) is 1. The first-order chi connectivity index (χ1) is 18.4. The lowest BCUT2D eigenvalue weighted by atomic mass is 10.0. The van der Waals surface area contributed by atoms with Gasteiger partial charge in [-0.25, -0.2) is 14.8 Å². The number of aldehydes is 1. The summed E-state index contributed by atoms with van der Waals surface area (Å²) in [6.45, 7) is 3.78. The summed E-state index contributed by atoms with van der Waals surface area (Å²) in [6.07, 6.45) is 3.19. The number of rotatable bonds is 9. The Morgan fingerprint density at radius 1 is 1.37 bits per heavy atom. The molecule has 0 spiro atoms. The summed E-state index contributed by atoms with van der Waals surface area (Å²) in [5.74, 6) is 0.702. The van der Waals surface area contributed by atoms with Crippen LogP contribution < -0.4 is 15.5 Å². The number of carbonyl (C=O) groups excluding carboxylic acids is 2.